The zero-order chi connectivity index (χ0) is 17.7. The molecule has 142 valence electrons. The number of carbonyl (C=O) groups is 1. The Morgan fingerprint density at radius 2 is 1.59 bits per heavy atom. The van der Waals surface area contributed by atoms with Crippen molar-refractivity contribution in [1.82, 2.24) is 10.6 Å². The Labute approximate surface area is 167 Å². The van der Waals surface area contributed by atoms with Gasteiger partial charge in [-0.1, -0.05) is 55.5 Å². The average molecular weight is 383 g/mol. The molecule has 27 heavy (non-hydrogen) atoms. The van der Waals surface area contributed by atoms with Crippen molar-refractivity contribution in [2.75, 3.05) is 19.6 Å². The van der Waals surface area contributed by atoms with Crippen molar-refractivity contribution in [2.24, 2.45) is 17.8 Å². The lowest BCUT2D eigenvalue weighted by atomic mass is 9.59. The predicted molar refractivity (Wildman–Crippen MR) is 110 cm³/mol. The molecule has 2 unspecified atom stereocenters. The fraction of sp³-hybridized carbons (Fsp3) is 0.435. The van der Waals surface area contributed by atoms with E-state index in [2.05, 4.69) is 66.1 Å². The van der Waals surface area contributed by atoms with E-state index in [1.54, 1.807) is 0 Å². The third-order valence-electron chi connectivity index (χ3n) is 6.90. The molecule has 3 nitrogen and oxygen atoms in total. The summed E-state index contributed by atoms with van der Waals surface area (Å²) >= 11 is 0. The molecule has 2 N–H and O–H groups in total. The molecule has 2 aromatic rings. The van der Waals surface area contributed by atoms with Gasteiger partial charge >= 0.3 is 0 Å². The Bertz CT molecular complexity index is 800. The minimum Gasteiger partial charge on any atom is -0.356 e. The van der Waals surface area contributed by atoms with Gasteiger partial charge in [-0.15, -0.1) is 12.4 Å². The maximum Gasteiger partial charge on any atom is 0.223 e. The van der Waals surface area contributed by atoms with E-state index in [-0.39, 0.29) is 24.2 Å². The van der Waals surface area contributed by atoms with Crippen molar-refractivity contribution in [2.45, 2.75) is 25.2 Å². The van der Waals surface area contributed by atoms with Crippen LogP contribution in [-0.2, 0) is 4.79 Å². The highest BCUT2D eigenvalue weighted by Crippen LogP contribution is 2.55. The molecule has 1 amide bonds. The fourth-order valence-electron chi connectivity index (χ4n) is 5.23. The van der Waals surface area contributed by atoms with Gasteiger partial charge in [-0.3, -0.25) is 4.79 Å². The van der Waals surface area contributed by atoms with E-state index in [1.807, 2.05) is 0 Å². The quantitative estimate of drug-likeness (QED) is 0.846. The molecular weight excluding hydrogens is 356 g/mol. The van der Waals surface area contributed by atoms with Gasteiger partial charge in [-0.2, -0.15) is 0 Å². The first-order valence-corrected chi connectivity index (χ1v) is 9.90. The van der Waals surface area contributed by atoms with E-state index in [0.717, 1.165) is 26.1 Å². The van der Waals surface area contributed by atoms with Gasteiger partial charge in [0.2, 0.25) is 5.91 Å². The third-order valence-corrected chi connectivity index (χ3v) is 6.90. The summed E-state index contributed by atoms with van der Waals surface area (Å²) < 4.78 is 0. The van der Waals surface area contributed by atoms with E-state index in [0.29, 0.717) is 23.7 Å². The second kappa shape index (κ2) is 7.29. The van der Waals surface area contributed by atoms with Crippen LogP contribution in [0.2, 0.25) is 0 Å². The summed E-state index contributed by atoms with van der Waals surface area (Å²) in [6.45, 7) is 4.80. The first-order valence-electron chi connectivity index (χ1n) is 9.90. The molecule has 0 aromatic heterocycles. The summed E-state index contributed by atoms with van der Waals surface area (Å²) in [5.74, 6) is 2.20. The molecule has 2 aromatic carbocycles. The van der Waals surface area contributed by atoms with Crippen LogP contribution in [-0.4, -0.2) is 25.5 Å². The van der Waals surface area contributed by atoms with Gasteiger partial charge in [0.25, 0.3) is 0 Å². The maximum atomic E-state index is 12.6. The van der Waals surface area contributed by atoms with Crippen molar-refractivity contribution in [1.29, 1.82) is 0 Å². The minimum absolute atomic E-state index is 0. The average Bonchev–Trinajstić information content (AvgIpc) is 2.65. The molecule has 4 aliphatic rings. The zero-order valence-corrected chi connectivity index (χ0v) is 16.5. The highest BCUT2D eigenvalue weighted by atomic mass is 35.5. The zero-order valence-electron chi connectivity index (χ0n) is 15.7. The molecule has 0 saturated carbocycles. The molecular formula is C23H27ClN2O. The normalized spacial score (nSPS) is 26.2. The van der Waals surface area contributed by atoms with Crippen molar-refractivity contribution < 1.29 is 4.79 Å². The summed E-state index contributed by atoms with van der Waals surface area (Å²) in [5.41, 5.74) is 5.93. The first kappa shape index (κ1) is 18.5. The topological polar surface area (TPSA) is 41.1 Å². The monoisotopic (exact) mass is 382 g/mol. The van der Waals surface area contributed by atoms with Gasteiger partial charge < -0.3 is 10.6 Å². The lowest BCUT2D eigenvalue weighted by Gasteiger charge is -2.45. The van der Waals surface area contributed by atoms with Crippen molar-refractivity contribution in [3.05, 3.63) is 70.8 Å². The van der Waals surface area contributed by atoms with Crippen LogP contribution >= 0.6 is 12.4 Å². The lowest BCUT2D eigenvalue weighted by Crippen LogP contribution is -2.50. The number of rotatable bonds is 4. The second-order valence-corrected chi connectivity index (χ2v) is 8.24. The summed E-state index contributed by atoms with van der Waals surface area (Å²) in [4.78, 5) is 12.6. The number of halogens is 1. The second-order valence-electron chi connectivity index (χ2n) is 8.24. The molecule has 2 atom stereocenters. The number of nitrogens with one attached hydrogen (secondary N) is 2. The minimum atomic E-state index is 0. The molecule has 4 heteroatoms. The summed E-state index contributed by atoms with van der Waals surface area (Å²) in [7, 11) is 0. The highest BCUT2D eigenvalue weighted by molar-refractivity contribution is 5.85. The molecule has 3 aliphatic carbocycles. The van der Waals surface area contributed by atoms with Crippen LogP contribution in [0, 0.1) is 17.8 Å². The Kier molecular flexibility index (Phi) is 5.00. The smallest absolute Gasteiger partial charge is 0.223 e. The first-order chi connectivity index (χ1) is 12.7. The van der Waals surface area contributed by atoms with Crippen LogP contribution in [0.3, 0.4) is 0 Å². The Hall–Kier alpha value is -1.84. The van der Waals surface area contributed by atoms with E-state index < -0.39 is 0 Å². The maximum absolute atomic E-state index is 12.6. The number of hydrogen-bond acceptors (Lipinski definition) is 2. The summed E-state index contributed by atoms with van der Waals surface area (Å²) in [6, 6.07) is 17.8. The molecule has 1 heterocycles. The van der Waals surface area contributed by atoms with Crippen LogP contribution in [0.5, 0.6) is 0 Å². The van der Waals surface area contributed by atoms with E-state index in [9.17, 15) is 4.79 Å². The van der Waals surface area contributed by atoms with Gasteiger partial charge in [-0.05, 0) is 53.6 Å². The molecule has 6 rings (SSSR count). The van der Waals surface area contributed by atoms with E-state index in [1.165, 1.54) is 22.3 Å². The van der Waals surface area contributed by atoms with Crippen molar-refractivity contribution >= 4 is 18.3 Å². The SMILES string of the molecule is CC(C(=O)NCC1CC2c3ccccc3C1c1ccccc12)C1CNC1.Cl. The molecule has 0 radical (unpaired) electrons. The number of hydrogen-bond donors (Lipinski definition) is 2. The predicted octanol–water partition coefficient (Wildman–Crippen LogP) is 3.68. The van der Waals surface area contributed by atoms with Crippen LogP contribution < -0.4 is 10.6 Å². The van der Waals surface area contributed by atoms with Gasteiger partial charge in [0.05, 0.1) is 0 Å². The lowest BCUT2D eigenvalue weighted by molar-refractivity contribution is -0.126. The summed E-state index contributed by atoms with van der Waals surface area (Å²) in [6.07, 6.45) is 1.14. The van der Waals surface area contributed by atoms with E-state index >= 15 is 0 Å². The highest BCUT2D eigenvalue weighted by Gasteiger charge is 2.43. The molecule has 1 saturated heterocycles. The number of amides is 1. The Balaban J connectivity index is 0.00000180. The number of benzene rings is 2. The number of fused-ring (bicyclic) bond motifs is 1. The molecule has 2 bridgehead atoms. The molecule has 1 fully saturated rings. The van der Waals surface area contributed by atoms with E-state index in [4.69, 9.17) is 0 Å². The van der Waals surface area contributed by atoms with Crippen molar-refractivity contribution in [3.63, 3.8) is 0 Å². The largest absolute Gasteiger partial charge is 0.356 e. The van der Waals surface area contributed by atoms with Crippen molar-refractivity contribution in [3.8, 4) is 0 Å². The van der Waals surface area contributed by atoms with Crippen LogP contribution in [0.4, 0.5) is 0 Å². The Morgan fingerprint density at radius 3 is 2.11 bits per heavy atom. The van der Waals surface area contributed by atoms with Crippen LogP contribution in [0.15, 0.2) is 48.5 Å². The van der Waals surface area contributed by atoms with Crippen LogP contribution in [0.1, 0.15) is 47.4 Å². The fourth-order valence-corrected chi connectivity index (χ4v) is 5.23. The third kappa shape index (κ3) is 2.97. The van der Waals surface area contributed by atoms with Gasteiger partial charge in [0.1, 0.15) is 0 Å². The van der Waals surface area contributed by atoms with Gasteiger partial charge in [0, 0.05) is 24.3 Å². The van der Waals surface area contributed by atoms with Gasteiger partial charge in [-0.25, -0.2) is 0 Å². The Morgan fingerprint density at radius 1 is 1.04 bits per heavy atom. The van der Waals surface area contributed by atoms with Crippen LogP contribution in [0.25, 0.3) is 0 Å². The van der Waals surface area contributed by atoms with Gasteiger partial charge in [0.15, 0.2) is 0 Å². The number of carbonyl (C=O) groups excluding carboxylic acids is 1. The standard InChI is InChI=1S/C23H26N2O.ClH/c1-14(16-11-24-12-16)23(26)25-13-15-10-21-17-6-2-4-8-19(17)22(15)20-9-5-3-7-18(20)21;/h2-9,14-16,21-22,24H,10-13H2,1H3,(H,25,26);1H. The molecule has 1 aliphatic heterocycles. The summed E-state index contributed by atoms with van der Waals surface area (Å²) in [5, 5.41) is 6.55. The molecule has 0 spiro atoms.